The van der Waals surface area contributed by atoms with Crippen molar-refractivity contribution in [2.24, 2.45) is 16.2 Å². The highest BCUT2D eigenvalue weighted by atomic mass is 19.1. The molecule has 0 aliphatic rings. The van der Waals surface area contributed by atoms with Crippen LogP contribution >= 0.6 is 0 Å². The van der Waals surface area contributed by atoms with Gasteiger partial charge in [-0.1, -0.05) is 5.22 Å². The molecule has 0 heterocycles. The molecule has 0 radical (unpaired) electrons. The van der Waals surface area contributed by atoms with Crippen LogP contribution in [-0.2, 0) is 0 Å². The third-order valence-corrected chi connectivity index (χ3v) is 0.473. The fraction of sp³-hybridized carbons (Fsp3) is 1.00. The summed E-state index contributed by atoms with van der Waals surface area (Å²) in [5.74, 6) is 4.61. The van der Waals surface area contributed by atoms with E-state index in [4.69, 9.17) is 0 Å². The molecule has 0 unspecified atom stereocenters. The minimum absolute atomic E-state index is 0.348. The van der Waals surface area contributed by atoms with Crippen LogP contribution in [0.5, 0.6) is 0 Å². The van der Waals surface area contributed by atoms with E-state index in [1.54, 1.807) is 0 Å². The highest BCUT2D eigenvalue weighted by Gasteiger charge is 1.77. The fourth-order valence-corrected chi connectivity index (χ4v) is 0.188. The van der Waals surface area contributed by atoms with E-state index >= 15 is 0 Å². The van der Waals surface area contributed by atoms with Crippen molar-refractivity contribution in [2.75, 3.05) is 13.2 Å². The summed E-state index contributed by atoms with van der Waals surface area (Å²) >= 11 is 0. The first kappa shape index (κ1) is 6.33. The van der Waals surface area contributed by atoms with E-state index in [1.165, 1.54) is 0 Å². The minimum Gasteiger partial charge on any atom is -0.305 e. The highest BCUT2D eigenvalue weighted by Crippen LogP contribution is 1.79. The second-order valence-corrected chi connectivity index (χ2v) is 1.02. The first-order valence-corrected chi connectivity index (χ1v) is 2.04. The Morgan fingerprint density at radius 1 is 1.57 bits per heavy atom. The Morgan fingerprint density at radius 2 is 2.29 bits per heavy atom. The van der Waals surface area contributed by atoms with E-state index in [-0.39, 0.29) is 6.67 Å². The number of nitrogens with two attached hydrogens (primary N) is 1. The van der Waals surface area contributed by atoms with E-state index in [9.17, 15) is 4.39 Å². The number of alkyl halides is 1. The predicted octanol–water partition coefficient (Wildman–Crippen LogP) is 0.672. The Balaban J connectivity index is 2.69. The molecule has 42 valence electrons. The number of nitrogens with zero attached hydrogens (tertiary/aromatic N) is 2. The van der Waals surface area contributed by atoms with Gasteiger partial charge in [0.2, 0.25) is 0 Å². The maximum Gasteiger partial charge on any atom is 0.0912 e. The largest absolute Gasteiger partial charge is 0.305 e. The molecule has 0 aliphatic carbocycles. The van der Waals surface area contributed by atoms with Crippen molar-refractivity contribution in [3.05, 3.63) is 0 Å². The average molecular weight is 105 g/mol. The van der Waals surface area contributed by atoms with E-state index in [0.717, 1.165) is 0 Å². The molecule has 2 N–H and O–H groups in total. The third kappa shape index (κ3) is 5.33. The first-order valence-electron chi connectivity index (χ1n) is 2.04. The molecule has 0 aromatic carbocycles. The summed E-state index contributed by atoms with van der Waals surface area (Å²) < 4.78 is 11.2. The molecule has 0 spiro atoms. The van der Waals surface area contributed by atoms with Crippen LogP contribution in [0.25, 0.3) is 0 Å². The van der Waals surface area contributed by atoms with Crippen LogP contribution < -0.4 is 5.84 Å². The summed E-state index contributed by atoms with van der Waals surface area (Å²) in [4.78, 5) is 0. The lowest BCUT2D eigenvalue weighted by molar-refractivity contribution is 0.474. The lowest BCUT2D eigenvalue weighted by Gasteiger charge is -1.80. The van der Waals surface area contributed by atoms with E-state index < -0.39 is 0 Å². The van der Waals surface area contributed by atoms with Gasteiger partial charge in [0.25, 0.3) is 0 Å². The molecule has 0 aliphatic heterocycles. The van der Waals surface area contributed by atoms with Crippen LogP contribution in [0.15, 0.2) is 10.3 Å². The molecule has 0 aromatic heterocycles. The van der Waals surface area contributed by atoms with Crippen molar-refractivity contribution in [1.82, 2.24) is 0 Å². The van der Waals surface area contributed by atoms with Crippen molar-refractivity contribution in [1.29, 1.82) is 0 Å². The van der Waals surface area contributed by atoms with E-state index in [0.29, 0.717) is 13.0 Å². The molecule has 3 nitrogen and oxygen atoms in total. The van der Waals surface area contributed by atoms with Gasteiger partial charge in [-0.25, -0.2) is 0 Å². The fourth-order valence-electron chi connectivity index (χ4n) is 0.188. The van der Waals surface area contributed by atoms with Crippen molar-refractivity contribution in [2.45, 2.75) is 6.42 Å². The summed E-state index contributed by atoms with van der Waals surface area (Å²) in [6.07, 6.45) is 0.417. The Labute approximate surface area is 41.4 Å². The zero-order chi connectivity index (χ0) is 5.54. The van der Waals surface area contributed by atoms with E-state index in [2.05, 4.69) is 16.2 Å². The molecule has 0 rings (SSSR count). The van der Waals surface area contributed by atoms with Crippen LogP contribution in [0.2, 0.25) is 0 Å². The Hall–Kier alpha value is -0.670. The molecule has 0 saturated carbocycles. The van der Waals surface area contributed by atoms with E-state index in [1.807, 2.05) is 0 Å². The monoisotopic (exact) mass is 105 g/mol. The van der Waals surface area contributed by atoms with Gasteiger partial charge in [-0.3, -0.25) is 4.39 Å². The van der Waals surface area contributed by atoms with Gasteiger partial charge in [0, 0.05) is 0 Å². The van der Waals surface area contributed by atoms with Crippen LogP contribution in [0.1, 0.15) is 6.42 Å². The van der Waals surface area contributed by atoms with Gasteiger partial charge < -0.3 is 5.84 Å². The van der Waals surface area contributed by atoms with Crippen molar-refractivity contribution >= 4 is 0 Å². The number of rotatable bonds is 3. The van der Waals surface area contributed by atoms with Crippen molar-refractivity contribution in [3.8, 4) is 0 Å². The van der Waals surface area contributed by atoms with Gasteiger partial charge in [0.15, 0.2) is 0 Å². The molecular weight excluding hydrogens is 97.1 g/mol. The van der Waals surface area contributed by atoms with Crippen molar-refractivity contribution < 1.29 is 4.39 Å². The molecule has 0 aromatic rings. The second-order valence-electron chi connectivity index (χ2n) is 1.02. The molecular formula is C3H8FN3. The molecule has 7 heavy (non-hydrogen) atoms. The lowest BCUT2D eigenvalue weighted by Crippen LogP contribution is -1.83. The van der Waals surface area contributed by atoms with Gasteiger partial charge in [-0.2, -0.15) is 5.11 Å². The van der Waals surface area contributed by atoms with Crippen LogP contribution in [-0.4, -0.2) is 13.2 Å². The normalized spacial score (nSPS) is 10.4. The molecule has 0 bridgehead atoms. The molecule has 0 atom stereocenters. The quantitative estimate of drug-likeness (QED) is 0.244. The standard InChI is InChI=1S/C3H8FN3/c4-2-1-3-6-7-5/h1-3H2,(H2,5,6). The summed E-state index contributed by atoms with van der Waals surface area (Å²) in [5, 5.41) is 6.26. The summed E-state index contributed by atoms with van der Waals surface area (Å²) in [6, 6.07) is 0. The zero-order valence-corrected chi connectivity index (χ0v) is 3.97. The molecule has 0 amide bonds. The van der Waals surface area contributed by atoms with Gasteiger partial charge in [-0.05, 0) is 6.42 Å². The van der Waals surface area contributed by atoms with Crippen LogP contribution in [0.3, 0.4) is 0 Å². The second kappa shape index (κ2) is 5.33. The average Bonchev–Trinajstić information content (AvgIpc) is 1.69. The van der Waals surface area contributed by atoms with Gasteiger partial charge in [0.05, 0.1) is 13.2 Å². The lowest BCUT2D eigenvalue weighted by atomic mass is 10.5. The number of halogens is 1. The summed E-state index contributed by atoms with van der Waals surface area (Å²) in [6.45, 7) is 0.0476. The Kier molecular flexibility index (Phi) is 4.82. The minimum atomic E-state index is -0.348. The SMILES string of the molecule is NN=NCCCF. The predicted molar refractivity (Wildman–Crippen MR) is 24.5 cm³/mol. The third-order valence-electron chi connectivity index (χ3n) is 0.473. The Bertz CT molecular complexity index is 54.1. The maximum atomic E-state index is 11.2. The Morgan fingerprint density at radius 3 is 2.71 bits per heavy atom. The van der Waals surface area contributed by atoms with Gasteiger partial charge in [0.1, 0.15) is 0 Å². The maximum absolute atomic E-state index is 11.2. The molecule has 4 heteroatoms. The highest BCUT2D eigenvalue weighted by molar-refractivity contribution is 4.34. The van der Waals surface area contributed by atoms with Crippen LogP contribution in [0, 0.1) is 0 Å². The van der Waals surface area contributed by atoms with Crippen LogP contribution in [0.4, 0.5) is 4.39 Å². The summed E-state index contributed by atoms with van der Waals surface area (Å²) in [7, 11) is 0. The number of hydrogen-bond acceptors (Lipinski definition) is 2. The smallest absolute Gasteiger partial charge is 0.0912 e. The topological polar surface area (TPSA) is 50.7 Å². The summed E-state index contributed by atoms with van der Waals surface area (Å²) in [5.41, 5.74) is 0. The first-order chi connectivity index (χ1) is 3.41. The van der Waals surface area contributed by atoms with Gasteiger partial charge >= 0.3 is 0 Å². The van der Waals surface area contributed by atoms with Crippen molar-refractivity contribution in [3.63, 3.8) is 0 Å². The zero-order valence-electron chi connectivity index (χ0n) is 3.97. The van der Waals surface area contributed by atoms with Gasteiger partial charge in [-0.15, -0.1) is 0 Å². The molecule has 0 saturated heterocycles. The number of hydrogen-bond donors (Lipinski definition) is 1. The molecule has 0 fully saturated rings.